The minimum atomic E-state index is -0.106. The lowest BCUT2D eigenvalue weighted by Crippen LogP contribution is -2.27. The van der Waals surface area contributed by atoms with Crippen LogP contribution in [-0.4, -0.2) is 31.5 Å². The van der Waals surface area contributed by atoms with Crippen molar-refractivity contribution in [2.75, 3.05) is 20.7 Å². The van der Waals surface area contributed by atoms with Crippen LogP contribution in [0.5, 0.6) is 5.75 Å². The Morgan fingerprint density at radius 2 is 2.06 bits per heavy atom. The van der Waals surface area contributed by atoms with E-state index in [9.17, 15) is 4.79 Å². The maximum absolute atomic E-state index is 11.4. The topological polar surface area (TPSA) is 55.6 Å². The summed E-state index contributed by atoms with van der Waals surface area (Å²) in [6, 6.07) is 7.38. The Bertz CT molecular complexity index is 362. The van der Waals surface area contributed by atoms with Crippen molar-refractivity contribution in [2.24, 2.45) is 5.73 Å². The molecule has 1 aromatic rings. The van der Waals surface area contributed by atoms with Crippen LogP contribution in [0.2, 0.25) is 0 Å². The van der Waals surface area contributed by atoms with Crippen LogP contribution < -0.4 is 10.5 Å². The number of para-hydroxylation sites is 1. The number of nitrogens with two attached hydrogens (primary N) is 1. The molecular weight excluding hydrogens is 204 g/mol. The summed E-state index contributed by atoms with van der Waals surface area (Å²) in [4.78, 5) is 12.9. The van der Waals surface area contributed by atoms with E-state index < -0.39 is 0 Å². The van der Waals surface area contributed by atoms with Crippen molar-refractivity contribution in [2.45, 2.75) is 13.0 Å². The largest absolute Gasteiger partial charge is 0.483 e. The van der Waals surface area contributed by atoms with Gasteiger partial charge in [-0.25, -0.2) is 0 Å². The van der Waals surface area contributed by atoms with Crippen LogP contribution >= 0.6 is 0 Å². The van der Waals surface area contributed by atoms with E-state index in [1.54, 1.807) is 14.1 Å². The smallest absolute Gasteiger partial charge is 0.259 e. The predicted molar refractivity (Wildman–Crippen MR) is 63.2 cm³/mol. The lowest BCUT2D eigenvalue weighted by molar-refractivity contribution is -0.130. The number of likely N-dealkylation sites (N-methyl/N-ethyl adjacent to an activating group) is 1. The summed E-state index contributed by atoms with van der Waals surface area (Å²) in [5, 5.41) is 0. The van der Waals surface area contributed by atoms with E-state index in [-0.39, 0.29) is 18.6 Å². The molecule has 1 atom stereocenters. The Hall–Kier alpha value is -1.55. The first-order valence-corrected chi connectivity index (χ1v) is 5.20. The molecular formula is C12H18N2O2. The van der Waals surface area contributed by atoms with E-state index in [4.69, 9.17) is 10.5 Å². The highest BCUT2D eigenvalue weighted by Gasteiger charge is 2.09. The van der Waals surface area contributed by atoms with Gasteiger partial charge in [0.15, 0.2) is 6.61 Å². The van der Waals surface area contributed by atoms with Crippen LogP contribution in [0.3, 0.4) is 0 Å². The van der Waals surface area contributed by atoms with Crippen molar-refractivity contribution in [3.8, 4) is 5.75 Å². The molecule has 1 aromatic carbocycles. The molecule has 4 heteroatoms. The molecule has 0 bridgehead atoms. The molecule has 1 amide bonds. The van der Waals surface area contributed by atoms with Crippen LogP contribution in [0.25, 0.3) is 0 Å². The molecule has 0 saturated heterocycles. The van der Waals surface area contributed by atoms with Gasteiger partial charge < -0.3 is 15.4 Å². The first kappa shape index (κ1) is 12.5. The summed E-state index contributed by atoms with van der Waals surface area (Å²) in [6.07, 6.45) is 0. The van der Waals surface area contributed by atoms with E-state index in [0.717, 1.165) is 5.56 Å². The van der Waals surface area contributed by atoms with Crippen molar-refractivity contribution in [1.82, 2.24) is 4.90 Å². The molecule has 0 heterocycles. The molecule has 0 aromatic heterocycles. The summed E-state index contributed by atoms with van der Waals surface area (Å²) in [6.45, 7) is 1.92. The molecule has 16 heavy (non-hydrogen) atoms. The normalized spacial score (nSPS) is 12.0. The van der Waals surface area contributed by atoms with Gasteiger partial charge in [0.2, 0.25) is 0 Å². The van der Waals surface area contributed by atoms with Crippen LogP contribution in [0.15, 0.2) is 24.3 Å². The van der Waals surface area contributed by atoms with Crippen molar-refractivity contribution < 1.29 is 9.53 Å². The van der Waals surface area contributed by atoms with Crippen LogP contribution in [-0.2, 0) is 4.79 Å². The van der Waals surface area contributed by atoms with E-state index in [0.29, 0.717) is 5.75 Å². The minimum Gasteiger partial charge on any atom is -0.483 e. The Morgan fingerprint density at radius 1 is 1.44 bits per heavy atom. The maximum Gasteiger partial charge on any atom is 0.259 e. The number of benzene rings is 1. The number of ether oxygens (including phenoxy) is 1. The lowest BCUT2D eigenvalue weighted by Gasteiger charge is -2.15. The van der Waals surface area contributed by atoms with Crippen LogP contribution in [0, 0.1) is 0 Å². The first-order chi connectivity index (χ1) is 7.52. The van der Waals surface area contributed by atoms with Gasteiger partial charge in [0.1, 0.15) is 5.75 Å². The van der Waals surface area contributed by atoms with Gasteiger partial charge in [-0.3, -0.25) is 4.79 Å². The van der Waals surface area contributed by atoms with Gasteiger partial charge in [-0.1, -0.05) is 18.2 Å². The molecule has 0 aliphatic rings. The Labute approximate surface area is 96.0 Å². The third-order valence-corrected chi connectivity index (χ3v) is 2.26. The maximum atomic E-state index is 11.4. The average molecular weight is 222 g/mol. The van der Waals surface area contributed by atoms with Gasteiger partial charge >= 0.3 is 0 Å². The van der Waals surface area contributed by atoms with E-state index in [1.165, 1.54) is 4.90 Å². The lowest BCUT2D eigenvalue weighted by atomic mass is 10.1. The molecule has 0 spiro atoms. The van der Waals surface area contributed by atoms with Crippen molar-refractivity contribution in [3.05, 3.63) is 29.8 Å². The summed E-state index contributed by atoms with van der Waals surface area (Å²) in [7, 11) is 3.40. The van der Waals surface area contributed by atoms with Crippen LogP contribution in [0.1, 0.15) is 18.5 Å². The second-order valence-corrected chi connectivity index (χ2v) is 3.90. The van der Waals surface area contributed by atoms with E-state index in [1.807, 2.05) is 31.2 Å². The number of hydrogen-bond donors (Lipinski definition) is 1. The number of nitrogens with zero attached hydrogens (tertiary/aromatic N) is 1. The summed E-state index contributed by atoms with van der Waals surface area (Å²) in [5.41, 5.74) is 6.72. The first-order valence-electron chi connectivity index (χ1n) is 5.20. The standard InChI is InChI=1S/C12H18N2O2/c1-9(13)10-6-4-5-7-11(10)16-8-12(15)14(2)3/h4-7,9H,8,13H2,1-3H3. The third kappa shape index (κ3) is 3.24. The molecule has 4 nitrogen and oxygen atoms in total. The van der Waals surface area contributed by atoms with E-state index >= 15 is 0 Å². The number of rotatable bonds is 4. The number of amides is 1. The number of hydrogen-bond acceptors (Lipinski definition) is 3. The van der Waals surface area contributed by atoms with Crippen molar-refractivity contribution in [3.63, 3.8) is 0 Å². The zero-order valence-electron chi connectivity index (χ0n) is 9.93. The highest BCUT2D eigenvalue weighted by atomic mass is 16.5. The average Bonchev–Trinajstić information content (AvgIpc) is 2.25. The Kier molecular flexibility index (Phi) is 4.31. The van der Waals surface area contributed by atoms with Gasteiger partial charge in [-0.05, 0) is 13.0 Å². The third-order valence-electron chi connectivity index (χ3n) is 2.26. The molecule has 1 rings (SSSR count). The summed E-state index contributed by atoms with van der Waals surface area (Å²) in [5.74, 6) is 0.604. The quantitative estimate of drug-likeness (QED) is 0.832. The zero-order chi connectivity index (χ0) is 12.1. The van der Waals surface area contributed by atoms with E-state index in [2.05, 4.69) is 0 Å². The highest BCUT2D eigenvalue weighted by molar-refractivity contribution is 5.77. The van der Waals surface area contributed by atoms with Gasteiger partial charge in [-0.2, -0.15) is 0 Å². The van der Waals surface area contributed by atoms with Crippen molar-refractivity contribution >= 4 is 5.91 Å². The molecule has 2 N–H and O–H groups in total. The second kappa shape index (κ2) is 5.51. The monoisotopic (exact) mass is 222 g/mol. The van der Waals surface area contributed by atoms with Gasteiger partial charge in [0.25, 0.3) is 5.91 Å². The second-order valence-electron chi connectivity index (χ2n) is 3.90. The fourth-order valence-corrected chi connectivity index (χ4v) is 1.26. The van der Waals surface area contributed by atoms with Crippen LogP contribution in [0.4, 0.5) is 0 Å². The minimum absolute atomic E-state index is 0.0384. The Morgan fingerprint density at radius 3 is 2.62 bits per heavy atom. The number of carbonyl (C=O) groups is 1. The molecule has 0 aliphatic heterocycles. The predicted octanol–water partition coefficient (Wildman–Crippen LogP) is 1.17. The molecule has 0 radical (unpaired) electrons. The van der Waals surface area contributed by atoms with Gasteiger partial charge in [0, 0.05) is 25.7 Å². The van der Waals surface area contributed by atoms with Gasteiger partial charge in [0.05, 0.1) is 0 Å². The SMILES string of the molecule is CC(N)c1ccccc1OCC(=O)N(C)C. The van der Waals surface area contributed by atoms with Gasteiger partial charge in [-0.15, -0.1) is 0 Å². The Balaban J connectivity index is 2.70. The summed E-state index contributed by atoms with van der Waals surface area (Å²) < 4.78 is 5.45. The zero-order valence-corrected chi connectivity index (χ0v) is 9.93. The molecule has 1 unspecified atom stereocenters. The molecule has 0 aliphatic carbocycles. The highest BCUT2D eigenvalue weighted by Crippen LogP contribution is 2.22. The molecule has 88 valence electrons. The fourth-order valence-electron chi connectivity index (χ4n) is 1.26. The molecule has 0 fully saturated rings. The fraction of sp³-hybridized carbons (Fsp3) is 0.417. The summed E-state index contributed by atoms with van der Waals surface area (Å²) >= 11 is 0. The molecule has 0 saturated carbocycles. The van der Waals surface area contributed by atoms with Crippen molar-refractivity contribution in [1.29, 1.82) is 0 Å². The number of carbonyl (C=O) groups excluding carboxylic acids is 1.